The zero-order valence-electron chi connectivity index (χ0n) is 20.1. The lowest BCUT2D eigenvalue weighted by molar-refractivity contribution is -0.384. The third kappa shape index (κ3) is 5.83. The summed E-state index contributed by atoms with van der Waals surface area (Å²) < 4.78 is 5.11. The molecule has 0 aromatic heterocycles. The van der Waals surface area contributed by atoms with Gasteiger partial charge in [0.2, 0.25) is 0 Å². The normalized spacial score (nSPS) is 12.4. The molecule has 0 aliphatic heterocycles. The lowest BCUT2D eigenvalue weighted by Crippen LogP contribution is -2.43. The van der Waals surface area contributed by atoms with Crippen molar-refractivity contribution in [1.29, 1.82) is 0 Å². The van der Waals surface area contributed by atoms with E-state index in [1.165, 1.54) is 12.1 Å². The van der Waals surface area contributed by atoms with Gasteiger partial charge in [-0.3, -0.25) is 24.5 Å². The first-order valence-corrected chi connectivity index (χ1v) is 11.5. The maximum absolute atomic E-state index is 13.3. The van der Waals surface area contributed by atoms with Crippen molar-refractivity contribution >= 4 is 23.4 Å². The van der Waals surface area contributed by atoms with Gasteiger partial charge in [0.05, 0.1) is 11.5 Å². The van der Waals surface area contributed by atoms with Crippen molar-refractivity contribution in [2.24, 2.45) is 5.41 Å². The average molecular weight is 490 g/mol. The predicted octanol–water partition coefficient (Wildman–Crippen LogP) is 5.41. The molecule has 3 rings (SSSR count). The molecule has 0 amide bonds. The minimum absolute atomic E-state index is 0.00362. The molecule has 1 N–H and O–H groups in total. The molecule has 36 heavy (non-hydrogen) atoms. The number of nitrogens with zero attached hydrogens (tertiary/aromatic N) is 1. The zero-order chi connectivity index (χ0) is 26.3. The van der Waals surface area contributed by atoms with E-state index < -0.39 is 34.5 Å². The maximum Gasteiger partial charge on any atom is 0.323 e. The van der Waals surface area contributed by atoms with Crippen molar-refractivity contribution in [3.63, 3.8) is 0 Å². The van der Waals surface area contributed by atoms with Crippen molar-refractivity contribution in [2.45, 2.75) is 33.1 Å². The maximum atomic E-state index is 13.3. The highest BCUT2D eigenvalue weighted by atomic mass is 16.6. The number of rotatable bonds is 11. The summed E-state index contributed by atoms with van der Waals surface area (Å²) in [7, 11) is 0. The zero-order valence-corrected chi connectivity index (χ0v) is 20.1. The van der Waals surface area contributed by atoms with Gasteiger partial charge in [-0.05, 0) is 61.1 Å². The van der Waals surface area contributed by atoms with E-state index in [0.29, 0.717) is 11.1 Å². The molecule has 0 saturated carbocycles. The summed E-state index contributed by atoms with van der Waals surface area (Å²) in [5.41, 5.74) is 1.18. The van der Waals surface area contributed by atoms with E-state index in [-0.39, 0.29) is 25.1 Å². The highest BCUT2D eigenvalue weighted by Crippen LogP contribution is 2.34. The third-order valence-electron chi connectivity index (χ3n) is 6.16. The Hall–Kier alpha value is -4.33. The summed E-state index contributed by atoms with van der Waals surface area (Å²) in [5, 5.41) is 21.0. The number of aryl methyl sites for hydroxylation is 2. The first kappa shape index (κ1) is 26.3. The van der Waals surface area contributed by atoms with Crippen LogP contribution < -0.4 is 0 Å². The van der Waals surface area contributed by atoms with Gasteiger partial charge in [0.15, 0.2) is 11.2 Å². The van der Waals surface area contributed by atoms with Crippen LogP contribution in [0.25, 0.3) is 11.1 Å². The largest absolute Gasteiger partial charge is 0.480 e. The van der Waals surface area contributed by atoms with Crippen LogP contribution in [0, 0.1) is 22.5 Å². The van der Waals surface area contributed by atoms with E-state index in [9.17, 15) is 29.6 Å². The Balaban J connectivity index is 1.89. The lowest BCUT2D eigenvalue weighted by Gasteiger charge is -2.27. The van der Waals surface area contributed by atoms with E-state index >= 15 is 0 Å². The van der Waals surface area contributed by atoms with E-state index in [2.05, 4.69) is 0 Å². The molecule has 0 aliphatic carbocycles. The monoisotopic (exact) mass is 489 g/mol. The second kappa shape index (κ2) is 11.4. The lowest BCUT2D eigenvalue weighted by atomic mass is 9.76. The number of carbonyl (C=O) groups is 3. The van der Waals surface area contributed by atoms with Gasteiger partial charge in [-0.15, -0.1) is 0 Å². The van der Waals surface area contributed by atoms with Crippen LogP contribution in [0.15, 0.2) is 72.8 Å². The molecule has 3 aromatic rings. The van der Waals surface area contributed by atoms with Gasteiger partial charge in [0, 0.05) is 24.1 Å². The van der Waals surface area contributed by atoms with Crippen LogP contribution in [0.5, 0.6) is 0 Å². The first-order chi connectivity index (χ1) is 17.2. The number of carboxylic acid groups (broad SMARTS) is 1. The summed E-state index contributed by atoms with van der Waals surface area (Å²) in [6.45, 7) is 3.31. The van der Waals surface area contributed by atoms with E-state index in [4.69, 9.17) is 4.74 Å². The van der Waals surface area contributed by atoms with Crippen molar-refractivity contribution in [1.82, 2.24) is 0 Å². The highest BCUT2D eigenvalue weighted by molar-refractivity contribution is 6.07. The molecule has 0 saturated heterocycles. The standard InChI is InChI=1S/C28H27NO7/c1-3-36-27(33)28(26(31)32,16-15-20-7-5-4-6-8-20)18-25(30)24-14-11-22(17-19(24)2)21-9-12-23(13-10-21)29(34)35/h4-14,17H,3,15-16,18H2,1-2H3,(H,31,32). The van der Waals surface area contributed by atoms with Gasteiger partial charge >= 0.3 is 11.9 Å². The van der Waals surface area contributed by atoms with Crippen molar-refractivity contribution in [3.05, 3.63) is 99.6 Å². The summed E-state index contributed by atoms with van der Waals surface area (Å²) in [5.74, 6) is -2.81. The predicted molar refractivity (Wildman–Crippen MR) is 134 cm³/mol. The number of carboxylic acids is 1. The van der Waals surface area contributed by atoms with E-state index in [1.807, 2.05) is 30.3 Å². The SMILES string of the molecule is CCOC(=O)C(CCc1ccccc1)(CC(=O)c1ccc(-c2ccc([N+](=O)[O-])cc2)cc1C)C(=O)O. The van der Waals surface area contributed by atoms with Gasteiger partial charge in [0.1, 0.15) is 0 Å². The molecular weight excluding hydrogens is 462 g/mol. The van der Waals surface area contributed by atoms with Crippen LogP contribution in [-0.4, -0.2) is 34.4 Å². The molecule has 0 bridgehead atoms. The molecule has 186 valence electrons. The van der Waals surface area contributed by atoms with Crippen LogP contribution in [0.1, 0.15) is 41.3 Å². The number of hydrogen-bond acceptors (Lipinski definition) is 6. The third-order valence-corrected chi connectivity index (χ3v) is 6.16. The molecule has 0 aliphatic rings. The Morgan fingerprint density at radius 1 is 0.972 bits per heavy atom. The Bertz CT molecular complexity index is 1270. The van der Waals surface area contributed by atoms with Gasteiger partial charge in [-0.2, -0.15) is 0 Å². The number of ether oxygens (including phenoxy) is 1. The molecule has 1 unspecified atom stereocenters. The molecule has 0 spiro atoms. The number of Topliss-reactive ketones (excluding diaryl/α,β-unsaturated/α-hetero) is 1. The number of carbonyl (C=O) groups excluding carboxylic acids is 2. The average Bonchev–Trinajstić information content (AvgIpc) is 2.87. The van der Waals surface area contributed by atoms with Gasteiger partial charge in [-0.1, -0.05) is 48.5 Å². The highest BCUT2D eigenvalue weighted by Gasteiger charge is 2.49. The van der Waals surface area contributed by atoms with Crippen LogP contribution in [-0.2, 0) is 20.7 Å². The molecule has 8 nitrogen and oxygen atoms in total. The Kier molecular flexibility index (Phi) is 8.32. The Labute approximate surface area is 208 Å². The summed E-state index contributed by atoms with van der Waals surface area (Å²) in [6, 6.07) is 20.2. The van der Waals surface area contributed by atoms with E-state index in [0.717, 1.165) is 16.7 Å². The van der Waals surface area contributed by atoms with E-state index in [1.54, 1.807) is 44.2 Å². The van der Waals surface area contributed by atoms with Gasteiger partial charge < -0.3 is 9.84 Å². The number of nitro groups is 1. The fraction of sp³-hybridized carbons (Fsp3) is 0.250. The summed E-state index contributed by atoms with van der Waals surface area (Å²) >= 11 is 0. The van der Waals surface area contributed by atoms with Crippen LogP contribution in [0.4, 0.5) is 5.69 Å². The molecule has 0 radical (unpaired) electrons. The second-order valence-corrected chi connectivity index (χ2v) is 8.53. The molecule has 0 fully saturated rings. The van der Waals surface area contributed by atoms with Crippen molar-refractivity contribution in [2.75, 3.05) is 6.61 Å². The minimum atomic E-state index is -2.02. The smallest absolute Gasteiger partial charge is 0.323 e. The Morgan fingerprint density at radius 3 is 2.17 bits per heavy atom. The minimum Gasteiger partial charge on any atom is -0.480 e. The number of hydrogen-bond donors (Lipinski definition) is 1. The van der Waals surface area contributed by atoms with Gasteiger partial charge in [0.25, 0.3) is 5.69 Å². The van der Waals surface area contributed by atoms with Crippen molar-refractivity contribution < 1.29 is 29.2 Å². The number of ketones is 1. The molecule has 1 atom stereocenters. The topological polar surface area (TPSA) is 124 Å². The number of nitro benzene ring substituents is 1. The fourth-order valence-corrected chi connectivity index (χ4v) is 4.11. The van der Waals surface area contributed by atoms with Gasteiger partial charge in [-0.25, -0.2) is 0 Å². The number of non-ortho nitro benzene ring substituents is 1. The van der Waals surface area contributed by atoms with Crippen LogP contribution >= 0.6 is 0 Å². The molecule has 0 heterocycles. The second-order valence-electron chi connectivity index (χ2n) is 8.53. The van der Waals surface area contributed by atoms with Crippen LogP contribution in [0.2, 0.25) is 0 Å². The summed E-state index contributed by atoms with van der Waals surface area (Å²) in [6.07, 6.45) is -0.333. The van der Waals surface area contributed by atoms with Crippen LogP contribution in [0.3, 0.4) is 0 Å². The Morgan fingerprint density at radius 2 is 1.61 bits per heavy atom. The summed E-state index contributed by atoms with van der Waals surface area (Å²) in [4.78, 5) is 49.1. The quantitative estimate of drug-likeness (QED) is 0.126. The first-order valence-electron chi connectivity index (χ1n) is 11.5. The molecular formula is C28H27NO7. The molecule has 8 heteroatoms. The number of esters is 1. The number of aliphatic carboxylic acids is 1. The molecule has 3 aromatic carbocycles. The fourth-order valence-electron chi connectivity index (χ4n) is 4.11. The number of benzene rings is 3. The van der Waals surface area contributed by atoms with Crippen molar-refractivity contribution in [3.8, 4) is 11.1 Å².